The first-order chi connectivity index (χ1) is 24.4. The summed E-state index contributed by atoms with van der Waals surface area (Å²) in [6, 6.07) is 10.9. The zero-order chi connectivity index (χ0) is 36.9. The van der Waals surface area contributed by atoms with Gasteiger partial charge in [0.1, 0.15) is 36.2 Å². The lowest BCUT2D eigenvalue weighted by Crippen LogP contribution is -2.58. The second-order valence-electron chi connectivity index (χ2n) is 13.9. The number of fused-ring (bicyclic) bond motifs is 17. The number of methoxy groups -OCH3 is 2. The van der Waals surface area contributed by atoms with E-state index >= 15 is 0 Å². The van der Waals surface area contributed by atoms with Crippen LogP contribution in [0.2, 0.25) is 0 Å². The molecule has 0 spiro atoms. The molecule has 1 saturated carbocycles. The molecule has 4 N–H and O–H groups in total. The molecular formula is C38H53N5O8. The third-order valence-electron chi connectivity index (χ3n) is 8.90. The molecule has 2 aliphatic heterocycles. The van der Waals surface area contributed by atoms with Gasteiger partial charge in [-0.2, -0.15) is 0 Å². The lowest BCUT2D eigenvalue weighted by atomic mass is 10.0. The number of hydrogen-bond donors (Lipinski definition) is 4. The molecule has 2 heterocycles. The summed E-state index contributed by atoms with van der Waals surface area (Å²) >= 11 is 0. The van der Waals surface area contributed by atoms with Crippen molar-refractivity contribution in [1.82, 2.24) is 26.2 Å². The van der Waals surface area contributed by atoms with Gasteiger partial charge in [0.05, 0.1) is 26.3 Å². The lowest BCUT2D eigenvalue weighted by Gasteiger charge is -2.29. The van der Waals surface area contributed by atoms with Gasteiger partial charge in [0.2, 0.25) is 29.5 Å². The van der Waals surface area contributed by atoms with E-state index in [1.165, 1.54) is 12.0 Å². The maximum absolute atomic E-state index is 13.9. The van der Waals surface area contributed by atoms with Gasteiger partial charge < -0.3 is 40.4 Å². The van der Waals surface area contributed by atoms with Crippen molar-refractivity contribution >= 4 is 29.5 Å². The van der Waals surface area contributed by atoms with Gasteiger partial charge in [-0.25, -0.2) is 0 Å². The molecular weight excluding hydrogens is 654 g/mol. The van der Waals surface area contributed by atoms with Crippen LogP contribution in [0.5, 0.6) is 11.5 Å². The van der Waals surface area contributed by atoms with Crippen LogP contribution in [0.3, 0.4) is 0 Å². The van der Waals surface area contributed by atoms with E-state index in [9.17, 15) is 24.0 Å². The third kappa shape index (κ3) is 12.9. The summed E-state index contributed by atoms with van der Waals surface area (Å²) in [5.74, 6) is -0.426. The van der Waals surface area contributed by atoms with Crippen molar-refractivity contribution in [3.05, 3.63) is 59.7 Å². The van der Waals surface area contributed by atoms with Crippen molar-refractivity contribution in [2.75, 3.05) is 40.5 Å². The molecule has 0 saturated heterocycles. The zero-order valence-corrected chi connectivity index (χ0v) is 30.4. The summed E-state index contributed by atoms with van der Waals surface area (Å²) in [5.41, 5.74) is 1.49. The van der Waals surface area contributed by atoms with E-state index in [-0.39, 0.29) is 62.8 Å². The molecule has 3 aliphatic rings. The van der Waals surface area contributed by atoms with Crippen molar-refractivity contribution in [2.24, 2.45) is 11.8 Å². The largest absolute Gasteiger partial charge is 0.497 e. The number of benzene rings is 2. The topological polar surface area (TPSA) is 164 Å². The van der Waals surface area contributed by atoms with Crippen LogP contribution in [0.4, 0.5) is 0 Å². The van der Waals surface area contributed by atoms with Gasteiger partial charge in [-0.1, -0.05) is 38.1 Å². The standard InChI is InChI=1S/C38H53N5O8/c1-24(2)18-29-23-51-31-14-10-27(11-15-31)19-32(41-34(44)16-17-49-4)37(47)42-33(20-26-8-12-30(50-5)13-9-26)36(46)39-25(3)38(48)43(21-28-6-7-28)22-35(45)40-29/h8-15,24-25,28-29,32-33H,6-7,16-23H2,1-5H3,(H,39,46)(H,40,45)(H,41,44)(H,42,47)/t25-,29+,32+,33+/m1/s1. The van der Waals surface area contributed by atoms with Gasteiger partial charge >= 0.3 is 0 Å². The highest BCUT2D eigenvalue weighted by atomic mass is 16.5. The SMILES string of the molecule is COCCC(=O)N[C@H]1Cc2ccc(cc2)OC[C@H](CC(C)C)NC(=O)CN(CC2CC2)C(=O)[C@@H](C)NC(=O)[C@H](Cc2ccc(OC)cc2)NC1=O. The quantitative estimate of drug-likeness (QED) is 0.258. The van der Waals surface area contributed by atoms with E-state index in [1.807, 2.05) is 12.1 Å². The zero-order valence-electron chi connectivity index (χ0n) is 30.4. The third-order valence-corrected chi connectivity index (χ3v) is 8.90. The Hall–Kier alpha value is -4.65. The highest BCUT2D eigenvalue weighted by molar-refractivity contribution is 5.95. The Kier molecular flexibility index (Phi) is 14.7. The van der Waals surface area contributed by atoms with E-state index in [2.05, 4.69) is 35.1 Å². The van der Waals surface area contributed by atoms with E-state index < -0.39 is 35.8 Å². The first-order valence-corrected chi connectivity index (χ1v) is 17.8. The second-order valence-corrected chi connectivity index (χ2v) is 13.9. The van der Waals surface area contributed by atoms with E-state index in [0.717, 1.165) is 24.0 Å². The molecule has 0 aromatic heterocycles. The van der Waals surface area contributed by atoms with Crippen LogP contribution in [0, 0.1) is 11.8 Å². The lowest BCUT2D eigenvalue weighted by molar-refractivity contribution is -0.140. The van der Waals surface area contributed by atoms with Crippen LogP contribution < -0.4 is 30.7 Å². The molecule has 13 nitrogen and oxygen atoms in total. The average Bonchev–Trinajstić information content (AvgIpc) is 3.92. The Morgan fingerprint density at radius 2 is 1.67 bits per heavy atom. The molecule has 13 heteroatoms. The number of carbonyl (C=O) groups excluding carboxylic acids is 5. The maximum atomic E-state index is 13.9. The number of rotatable bonds is 11. The molecule has 2 aromatic carbocycles. The molecule has 2 aromatic rings. The first kappa shape index (κ1) is 39.1. The Morgan fingerprint density at radius 3 is 2.29 bits per heavy atom. The van der Waals surface area contributed by atoms with Crippen molar-refractivity contribution in [1.29, 1.82) is 0 Å². The normalized spacial score (nSPS) is 22.4. The van der Waals surface area contributed by atoms with E-state index in [1.54, 1.807) is 50.4 Å². The Balaban J connectivity index is 1.67. The highest BCUT2D eigenvalue weighted by Crippen LogP contribution is 2.30. The summed E-state index contributed by atoms with van der Waals surface area (Å²) < 4.78 is 16.4. The predicted molar refractivity (Wildman–Crippen MR) is 191 cm³/mol. The van der Waals surface area contributed by atoms with Crippen LogP contribution in [-0.4, -0.2) is 99.1 Å². The summed E-state index contributed by atoms with van der Waals surface area (Å²) in [4.78, 5) is 69.4. The Labute approximate surface area is 300 Å². The average molecular weight is 708 g/mol. The number of ether oxygens (including phenoxy) is 3. The van der Waals surface area contributed by atoms with Crippen LogP contribution >= 0.6 is 0 Å². The number of nitrogens with one attached hydrogen (secondary N) is 4. The minimum atomic E-state index is -1.10. The fourth-order valence-corrected chi connectivity index (χ4v) is 5.98. The van der Waals surface area contributed by atoms with Crippen LogP contribution in [0.15, 0.2) is 48.5 Å². The summed E-state index contributed by atoms with van der Waals surface area (Å²) in [6.45, 7) is 6.35. The first-order valence-electron chi connectivity index (χ1n) is 17.8. The number of nitrogens with zero attached hydrogens (tertiary/aromatic N) is 1. The van der Waals surface area contributed by atoms with Gasteiger partial charge in [-0.15, -0.1) is 0 Å². The summed E-state index contributed by atoms with van der Waals surface area (Å²) in [7, 11) is 3.04. The molecule has 5 rings (SSSR count). The molecule has 51 heavy (non-hydrogen) atoms. The number of hydrogen-bond acceptors (Lipinski definition) is 8. The van der Waals surface area contributed by atoms with E-state index in [0.29, 0.717) is 30.4 Å². The molecule has 5 amide bonds. The number of carbonyl (C=O) groups is 5. The van der Waals surface area contributed by atoms with Crippen LogP contribution in [0.1, 0.15) is 57.6 Å². The molecule has 278 valence electrons. The van der Waals surface area contributed by atoms with Gasteiger partial charge in [0, 0.05) is 32.9 Å². The van der Waals surface area contributed by atoms with Gasteiger partial charge in [0.25, 0.3) is 0 Å². The maximum Gasteiger partial charge on any atom is 0.245 e. The summed E-state index contributed by atoms with van der Waals surface area (Å²) in [6.07, 6.45) is 2.89. The Bertz CT molecular complexity index is 1480. The van der Waals surface area contributed by atoms with Crippen molar-refractivity contribution in [3.8, 4) is 11.5 Å². The van der Waals surface area contributed by atoms with Crippen LogP contribution in [0.25, 0.3) is 0 Å². The van der Waals surface area contributed by atoms with Crippen molar-refractivity contribution in [2.45, 2.75) is 83.5 Å². The molecule has 2 bridgehead atoms. The summed E-state index contributed by atoms with van der Waals surface area (Å²) in [5, 5.41) is 11.5. The van der Waals surface area contributed by atoms with Gasteiger partial charge in [-0.3, -0.25) is 24.0 Å². The molecule has 0 radical (unpaired) electrons. The fourth-order valence-electron chi connectivity index (χ4n) is 5.98. The monoisotopic (exact) mass is 707 g/mol. The molecule has 1 aliphatic carbocycles. The minimum Gasteiger partial charge on any atom is -0.497 e. The number of amides is 5. The molecule has 4 atom stereocenters. The van der Waals surface area contributed by atoms with Gasteiger partial charge in [0.15, 0.2) is 0 Å². The molecule has 0 unspecified atom stereocenters. The Morgan fingerprint density at radius 1 is 0.961 bits per heavy atom. The highest BCUT2D eigenvalue weighted by Gasteiger charge is 2.33. The fraction of sp³-hybridized carbons (Fsp3) is 0.553. The van der Waals surface area contributed by atoms with Gasteiger partial charge in [-0.05, 0) is 73.4 Å². The van der Waals surface area contributed by atoms with Crippen molar-refractivity contribution in [3.63, 3.8) is 0 Å². The van der Waals surface area contributed by atoms with E-state index in [4.69, 9.17) is 14.2 Å². The smallest absolute Gasteiger partial charge is 0.245 e. The molecule has 1 fully saturated rings. The predicted octanol–water partition coefficient (Wildman–Crippen LogP) is 2.15. The van der Waals surface area contributed by atoms with Crippen molar-refractivity contribution < 1.29 is 38.2 Å². The van der Waals surface area contributed by atoms with Crippen LogP contribution in [-0.2, 0) is 41.6 Å². The minimum absolute atomic E-state index is 0.0495. The second kappa shape index (κ2) is 19.1.